The molecule has 0 unspecified atom stereocenters. The molecule has 0 fully saturated rings. The number of carbonyl (C=O) groups is 1. The topological polar surface area (TPSA) is 81.6 Å². The summed E-state index contributed by atoms with van der Waals surface area (Å²) >= 11 is 16.2. The summed E-state index contributed by atoms with van der Waals surface area (Å²) in [5, 5.41) is 18.0. The monoisotopic (exact) mass is 270 g/mol. The summed E-state index contributed by atoms with van der Waals surface area (Å²) in [6.07, 6.45) is 0. The van der Waals surface area contributed by atoms with E-state index in [4.69, 9.17) is 35.0 Å². The van der Waals surface area contributed by atoms with Gasteiger partial charge in [0, 0.05) is 0 Å². The first-order chi connectivity index (χ1) is 6.99. The Labute approximate surface area is 99.6 Å². The van der Waals surface area contributed by atoms with Crippen LogP contribution in [0.3, 0.4) is 0 Å². The quantitative estimate of drug-likeness (QED) is 0.375. The number of amides is 1. The number of carbonyl (C=O) groups excluding carboxylic acids is 1. The highest BCUT2D eigenvalue weighted by atomic mass is 35.5. The molecule has 0 aliphatic rings. The molecule has 0 aliphatic carbocycles. The van der Waals surface area contributed by atoms with Gasteiger partial charge in [0.25, 0.3) is 5.91 Å². The lowest BCUT2D eigenvalue weighted by molar-refractivity contribution is 0.0946. The van der Waals surface area contributed by atoms with Gasteiger partial charge in [0.2, 0.25) is 0 Å². The molecule has 15 heavy (non-hydrogen) atoms. The molecule has 0 atom stereocenters. The average molecular weight is 271 g/mol. The average Bonchev–Trinajstić information content (AvgIpc) is 2.20. The Morgan fingerprint density at radius 2 is 1.87 bits per heavy atom. The summed E-state index contributed by atoms with van der Waals surface area (Å²) in [7, 11) is 0. The highest BCUT2D eigenvalue weighted by molar-refractivity contribution is 6.38. The fraction of sp³-hybridized carbons (Fsp3) is 0. The highest BCUT2D eigenvalue weighted by Crippen LogP contribution is 2.41. The molecule has 1 amide bonds. The van der Waals surface area contributed by atoms with Crippen LogP contribution in [0.4, 0.5) is 0 Å². The van der Waals surface area contributed by atoms with E-state index in [1.165, 1.54) is 0 Å². The predicted octanol–water partition coefficient (Wildman–Crippen LogP) is 1.79. The van der Waals surface area contributed by atoms with Crippen LogP contribution in [0.15, 0.2) is 6.07 Å². The van der Waals surface area contributed by atoms with Crippen molar-refractivity contribution >= 4 is 40.9 Å². The van der Waals surface area contributed by atoms with E-state index >= 15 is 0 Å². The Hall–Kier alpha value is -0.880. The van der Waals surface area contributed by atoms with Crippen LogP contribution in [0, 0.1) is 0 Å². The third kappa shape index (κ3) is 2.38. The number of hydrazine groups is 1. The fourth-order valence-electron chi connectivity index (χ4n) is 0.879. The van der Waals surface area contributed by atoms with Crippen LogP contribution >= 0.6 is 35.0 Å². The number of hydrogen-bond acceptors (Lipinski definition) is 4. The van der Waals surface area contributed by atoms with Crippen LogP contribution in [-0.2, 0) is 0 Å². The van der Waals surface area contributed by atoms with E-state index in [2.05, 4.69) is 0 Å². The molecule has 0 aliphatic heterocycles. The molecule has 0 aromatic heterocycles. The summed E-state index contributed by atoms with van der Waals surface area (Å²) < 4.78 is 0. The number of halogens is 3. The molecule has 8 heteroatoms. The van der Waals surface area contributed by atoms with Crippen molar-refractivity contribution in [2.45, 2.75) is 0 Å². The van der Waals surface area contributed by atoms with E-state index < -0.39 is 17.4 Å². The maximum atomic E-state index is 11.3. The zero-order chi connectivity index (χ0) is 11.6. The van der Waals surface area contributed by atoms with Gasteiger partial charge in [-0.05, 0) is 17.8 Å². The molecule has 0 heterocycles. The number of phenols is 2. The Morgan fingerprint density at radius 1 is 1.27 bits per heavy atom. The molecule has 0 spiro atoms. The van der Waals surface area contributed by atoms with Gasteiger partial charge in [0.15, 0.2) is 11.5 Å². The molecule has 4 N–H and O–H groups in total. The van der Waals surface area contributed by atoms with Gasteiger partial charge in [0.05, 0.1) is 15.6 Å². The molecule has 0 saturated heterocycles. The van der Waals surface area contributed by atoms with Gasteiger partial charge in [0.1, 0.15) is 0 Å². The zero-order valence-corrected chi connectivity index (χ0v) is 9.28. The van der Waals surface area contributed by atoms with Gasteiger partial charge in [-0.2, -0.15) is 0 Å². The number of phenolic OH excluding ortho intramolecular Hbond substituents is 2. The molecular formula is C7H5Cl3N2O3. The number of rotatable bonds is 2. The number of aromatic hydroxyl groups is 2. The Morgan fingerprint density at radius 3 is 2.40 bits per heavy atom. The smallest absolute Gasteiger partial charge is 0.268 e. The van der Waals surface area contributed by atoms with Gasteiger partial charge < -0.3 is 10.2 Å². The normalized spacial score (nSPS) is 10.1. The maximum absolute atomic E-state index is 11.3. The molecule has 1 aromatic rings. The Bertz CT molecular complexity index is 411. The molecular weight excluding hydrogens is 266 g/mol. The number of benzene rings is 1. The van der Waals surface area contributed by atoms with E-state index in [-0.39, 0.29) is 15.6 Å². The summed E-state index contributed by atoms with van der Waals surface area (Å²) in [4.78, 5) is 13.2. The predicted molar refractivity (Wildman–Crippen MR) is 56.2 cm³/mol. The Kier molecular flexibility index (Phi) is 3.87. The molecule has 1 aromatic carbocycles. The molecule has 0 saturated carbocycles. The van der Waals surface area contributed by atoms with Crippen LogP contribution in [-0.4, -0.2) is 16.1 Å². The standard InChI is InChI=1S/C7H5Cl3N2O3/c8-3-1-2(7(15)11-12-10)4(9)6(14)5(3)13/h1,12-14H,(H,11,15). The van der Waals surface area contributed by atoms with Crippen molar-refractivity contribution in [1.29, 1.82) is 0 Å². The second-order valence-electron chi connectivity index (χ2n) is 2.47. The van der Waals surface area contributed by atoms with E-state index in [0.717, 1.165) is 6.07 Å². The minimum Gasteiger partial charge on any atom is -0.503 e. The maximum Gasteiger partial charge on any atom is 0.268 e. The van der Waals surface area contributed by atoms with Crippen molar-refractivity contribution in [3.05, 3.63) is 21.7 Å². The van der Waals surface area contributed by atoms with Gasteiger partial charge in [-0.15, -0.1) is 4.94 Å². The largest absolute Gasteiger partial charge is 0.503 e. The Balaban J connectivity index is 3.26. The lowest BCUT2D eigenvalue weighted by Crippen LogP contribution is -2.30. The van der Waals surface area contributed by atoms with Crippen molar-refractivity contribution in [1.82, 2.24) is 10.4 Å². The van der Waals surface area contributed by atoms with Gasteiger partial charge in [-0.25, -0.2) is 0 Å². The van der Waals surface area contributed by atoms with Gasteiger partial charge in [-0.1, -0.05) is 23.2 Å². The van der Waals surface area contributed by atoms with Crippen molar-refractivity contribution < 1.29 is 15.0 Å². The first kappa shape index (κ1) is 12.2. The molecule has 1 rings (SSSR count). The SMILES string of the molecule is O=C(NNCl)c1cc(Cl)c(O)c(O)c1Cl. The van der Waals surface area contributed by atoms with Crippen LogP contribution < -0.4 is 10.4 Å². The second-order valence-corrected chi connectivity index (χ2v) is 3.44. The fourth-order valence-corrected chi connectivity index (χ4v) is 1.39. The van der Waals surface area contributed by atoms with Gasteiger partial charge in [-0.3, -0.25) is 10.2 Å². The summed E-state index contributed by atoms with van der Waals surface area (Å²) in [6, 6.07) is 1.10. The van der Waals surface area contributed by atoms with Crippen LogP contribution in [0.1, 0.15) is 10.4 Å². The second kappa shape index (κ2) is 4.76. The number of hydrogen-bond donors (Lipinski definition) is 4. The van der Waals surface area contributed by atoms with E-state index in [9.17, 15) is 15.0 Å². The van der Waals surface area contributed by atoms with E-state index in [0.29, 0.717) is 0 Å². The summed E-state index contributed by atoms with van der Waals surface area (Å²) in [5.74, 6) is -1.95. The van der Waals surface area contributed by atoms with Crippen molar-refractivity contribution in [2.75, 3.05) is 0 Å². The van der Waals surface area contributed by atoms with E-state index in [1.54, 1.807) is 0 Å². The van der Waals surface area contributed by atoms with Crippen LogP contribution in [0.2, 0.25) is 10.0 Å². The first-order valence-electron chi connectivity index (χ1n) is 3.55. The van der Waals surface area contributed by atoms with Crippen LogP contribution in [0.5, 0.6) is 11.5 Å². The van der Waals surface area contributed by atoms with Crippen LogP contribution in [0.25, 0.3) is 0 Å². The highest BCUT2D eigenvalue weighted by Gasteiger charge is 2.19. The number of nitrogens with one attached hydrogen (secondary N) is 2. The summed E-state index contributed by atoms with van der Waals surface area (Å²) in [5.41, 5.74) is 1.90. The molecule has 5 nitrogen and oxygen atoms in total. The third-order valence-corrected chi connectivity index (χ3v) is 2.34. The lowest BCUT2D eigenvalue weighted by atomic mass is 10.2. The van der Waals surface area contributed by atoms with Gasteiger partial charge >= 0.3 is 0 Å². The minimum absolute atomic E-state index is 0.120. The lowest BCUT2D eigenvalue weighted by Gasteiger charge is -2.08. The molecule has 82 valence electrons. The first-order valence-corrected chi connectivity index (χ1v) is 4.68. The van der Waals surface area contributed by atoms with Crippen molar-refractivity contribution in [3.63, 3.8) is 0 Å². The van der Waals surface area contributed by atoms with E-state index in [1.807, 2.05) is 10.4 Å². The minimum atomic E-state index is -0.702. The summed E-state index contributed by atoms with van der Waals surface area (Å²) in [6.45, 7) is 0. The third-order valence-electron chi connectivity index (χ3n) is 1.57. The molecule has 0 radical (unpaired) electrons. The zero-order valence-electron chi connectivity index (χ0n) is 7.01. The molecule has 0 bridgehead atoms. The van der Waals surface area contributed by atoms with Crippen molar-refractivity contribution in [3.8, 4) is 11.5 Å². The van der Waals surface area contributed by atoms with Crippen molar-refractivity contribution in [2.24, 2.45) is 0 Å².